The molecule has 0 bridgehead atoms. The monoisotopic (exact) mass is 429 g/mol. The summed E-state index contributed by atoms with van der Waals surface area (Å²) in [5.41, 5.74) is 1.30. The van der Waals surface area contributed by atoms with Crippen LogP contribution in [-0.2, 0) is 4.74 Å². The molecule has 2 N–H and O–H groups in total. The Kier molecular flexibility index (Phi) is 8.07. The molecule has 2 aromatic heterocycles. The van der Waals surface area contributed by atoms with Gasteiger partial charge in [0.15, 0.2) is 5.13 Å². The molecular weight excluding hydrogens is 402 g/mol. The van der Waals surface area contributed by atoms with Gasteiger partial charge in [-0.25, -0.2) is 15.0 Å². The van der Waals surface area contributed by atoms with Crippen molar-refractivity contribution in [2.75, 3.05) is 38.1 Å². The summed E-state index contributed by atoms with van der Waals surface area (Å²) >= 11 is 1.33. The van der Waals surface area contributed by atoms with Gasteiger partial charge in [0.1, 0.15) is 5.69 Å². The average Bonchev–Trinajstić information content (AvgIpc) is 3.20. The van der Waals surface area contributed by atoms with E-state index in [-0.39, 0.29) is 17.9 Å². The van der Waals surface area contributed by atoms with Gasteiger partial charge in [0.05, 0.1) is 31.0 Å². The Hall–Kier alpha value is -2.61. The Morgan fingerprint density at radius 1 is 1.47 bits per heavy atom. The number of carbonyl (C=O) groups excluding carboxylic acids is 1. The summed E-state index contributed by atoms with van der Waals surface area (Å²) in [5.74, 6) is 0.499. The SMILES string of the molecule is CC(C)OCCNC(=O)c1csc(Nc2nccc([C@H]3CCCN(CC#N)C3)n2)n1. The summed E-state index contributed by atoms with van der Waals surface area (Å²) in [5, 5.41) is 17.1. The zero-order valence-electron chi connectivity index (χ0n) is 17.3. The fourth-order valence-corrected chi connectivity index (χ4v) is 3.97. The lowest BCUT2D eigenvalue weighted by molar-refractivity contribution is 0.0745. The Bertz CT molecular complexity index is 880. The van der Waals surface area contributed by atoms with Crippen LogP contribution in [0.1, 0.15) is 48.8 Å². The Balaban J connectivity index is 1.56. The number of hydrogen-bond acceptors (Lipinski definition) is 9. The van der Waals surface area contributed by atoms with Gasteiger partial charge in [-0.3, -0.25) is 9.69 Å². The molecule has 1 fully saturated rings. The van der Waals surface area contributed by atoms with Gasteiger partial charge < -0.3 is 15.4 Å². The topological polar surface area (TPSA) is 116 Å². The number of rotatable bonds is 9. The first-order valence-corrected chi connectivity index (χ1v) is 11.0. The van der Waals surface area contributed by atoms with Gasteiger partial charge in [-0.15, -0.1) is 11.3 Å². The third kappa shape index (κ3) is 6.45. The number of ether oxygens (including phenoxy) is 1. The summed E-state index contributed by atoms with van der Waals surface area (Å²) in [6.07, 6.45) is 3.95. The molecule has 1 aliphatic heterocycles. The number of hydrogen-bond donors (Lipinski definition) is 2. The van der Waals surface area contributed by atoms with Crippen LogP contribution in [0.5, 0.6) is 0 Å². The molecule has 1 atom stereocenters. The Labute approximate surface area is 180 Å². The van der Waals surface area contributed by atoms with E-state index < -0.39 is 0 Å². The van der Waals surface area contributed by atoms with Crippen molar-refractivity contribution >= 4 is 28.3 Å². The smallest absolute Gasteiger partial charge is 0.270 e. The van der Waals surface area contributed by atoms with Crippen molar-refractivity contribution in [1.29, 1.82) is 5.26 Å². The van der Waals surface area contributed by atoms with Crippen LogP contribution in [-0.4, -0.2) is 64.6 Å². The number of piperidine rings is 1. The normalized spacial score (nSPS) is 16.9. The van der Waals surface area contributed by atoms with E-state index in [2.05, 4.69) is 36.6 Å². The van der Waals surface area contributed by atoms with Crippen LogP contribution in [0.15, 0.2) is 17.6 Å². The summed E-state index contributed by atoms with van der Waals surface area (Å²) in [4.78, 5) is 27.6. The first kappa shape index (κ1) is 22.1. The van der Waals surface area contributed by atoms with E-state index >= 15 is 0 Å². The quantitative estimate of drug-likeness (QED) is 0.461. The van der Waals surface area contributed by atoms with Gasteiger partial charge >= 0.3 is 0 Å². The van der Waals surface area contributed by atoms with E-state index in [0.717, 1.165) is 31.6 Å². The van der Waals surface area contributed by atoms with E-state index in [1.807, 2.05) is 19.9 Å². The molecule has 0 aromatic carbocycles. The molecule has 3 heterocycles. The highest BCUT2D eigenvalue weighted by Gasteiger charge is 2.22. The Morgan fingerprint density at radius 3 is 3.13 bits per heavy atom. The third-order valence-electron chi connectivity index (χ3n) is 4.69. The van der Waals surface area contributed by atoms with Crippen molar-refractivity contribution in [3.63, 3.8) is 0 Å². The van der Waals surface area contributed by atoms with Gasteiger partial charge in [-0.05, 0) is 39.3 Å². The number of nitrogens with zero attached hydrogens (tertiary/aromatic N) is 5. The minimum Gasteiger partial charge on any atom is -0.377 e. The summed E-state index contributed by atoms with van der Waals surface area (Å²) < 4.78 is 5.41. The van der Waals surface area contributed by atoms with Crippen molar-refractivity contribution in [2.45, 2.75) is 38.7 Å². The van der Waals surface area contributed by atoms with E-state index in [9.17, 15) is 4.79 Å². The number of amides is 1. The van der Waals surface area contributed by atoms with Crippen molar-refractivity contribution in [1.82, 2.24) is 25.2 Å². The molecule has 1 aliphatic rings. The largest absolute Gasteiger partial charge is 0.377 e. The molecule has 1 saturated heterocycles. The van der Waals surface area contributed by atoms with Crippen LogP contribution in [0, 0.1) is 11.3 Å². The maximum Gasteiger partial charge on any atom is 0.270 e. The molecule has 10 heteroatoms. The number of carbonyl (C=O) groups is 1. The van der Waals surface area contributed by atoms with Gasteiger partial charge in [0.25, 0.3) is 5.91 Å². The molecule has 3 rings (SSSR count). The predicted molar refractivity (Wildman–Crippen MR) is 115 cm³/mol. The summed E-state index contributed by atoms with van der Waals surface area (Å²) in [6.45, 7) is 7.03. The van der Waals surface area contributed by atoms with Crippen molar-refractivity contribution < 1.29 is 9.53 Å². The molecule has 0 unspecified atom stereocenters. The van der Waals surface area contributed by atoms with Crippen molar-refractivity contribution in [3.8, 4) is 6.07 Å². The number of aromatic nitrogens is 3. The number of thiazole rings is 1. The minimum atomic E-state index is -0.235. The lowest BCUT2D eigenvalue weighted by Crippen LogP contribution is -2.34. The first-order valence-electron chi connectivity index (χ1n) is 10.1. The molecule has 0 spiro atoms. The van der Waals surface area contributed by atoms with Crippen molar-refractivity contribution in [3.05, 3.63) is 29.0 Å². The highest BCUT2D eigenvalue weighted by atomic mass is 32.1. The lowest BCUT2D eigenvalue weighted by atomic mass is 9.94. The van der Waals surface area contributed by atoms with Gasteiger partial charge in [0, 0.05) is 30.6 Å². The van der Waals surface area contributed by atoms with Crippen LogP contribution < -0.4 is 10.6 Å². The molecule has 30 heavy (non-hydrogen) atoms. The molecule has 9 nitrogen and oxygen atoms in total. The van der Waals surface area contributed by atoms with E-state index in [4.69, 9.17) is 10.00 Å². The van der Waals surface area contributed by atoms with Crippen LogP contribution >= 0.6 is 11.3 Å². The van der Waals surface area contributed by atoms with Crippen LogP contribution in [0.25, 0.3) is 0 Å². The third-order valence-corrected chi connectivity index (χ3v) is 5.45. The summed E-state index contributed by atoms with van der Waals surface area (Å²) in [6, 6.07) is 4.14. The van der Waals surface area contributed by atoms with Gasteiger partial charge in [0.2, 0.25) is 5.95 Å². The fourth-order valence-electron chi connectivity index (χ4n) is 3.28. The minimum absolute atomic E-state index is 0.135. The second-order valence-electron chi connectivity index (χ2n) is 7.38. The fraction of sp³-hybridized carbons (Fsp3) is 0.550. The molecule has 160 valence electrons. The van der Waals surface area contributed by atoms with E-state index in [0.29, 0.717) is 36.5 Å². The van der Waals surface area contributed by atoms with Gasteiger partial charge in [-0.2, -0.15) is 5.26 Å². The second kappa shape index (κ2) is 11.0. The molecule has 2 aromatic rings. The van der Waals surface area contributed by atoms with Crippen LogP contribution in [0.2, 0.25) is 0 Å². The maximum atomic E-state index is 12.2. The van der Waals surface area contributed by atoms with Gasteiger partial charge in [-0.1, -0.05) is 0 Å². The maximum absolute atomic E-state index is 12.2. The molecular formula is C20H27N7O2S. The Morgan fingerprint density at radius 2 is 2.33 bits per heavy atom. The van der Waals surface area contributed by atoms with E-state index in [1.54, 1.807) is 11.6 Å². The number of likely N-dealkylation sites (tertiary alicyclic amines) is 1. The highest BCUT2D eigenvalue weighted by Crippen LogP contribution is 2.26. The highest BCUT2D eigenvalue weighted by molar-refractivity contribution is 7.14. The van der Waals surface area contributed by atoms with Crippen molar-refractivity contribution in [2.24, 2.45) is 0 Å². The summed E-state index contributed by atoms with van der Waals surface area (Å²) in [7, 11) is 0. The molecule has 0 radical (unpaired) electrons. The first-order chi connectivity index (χ1) is 14.5. The van der Waals surface area contributed by atoms with Crippen LogP contribution in [0.4, 0.5) is 11.1 Å². The predicted octanol–water partition coefficient (Wildman–Crippen LogP) is 2.53. The zero-order chi connectivity index (χ0) is 21.3. The molecule has 0 saturated carbocycles. The van der Waals surface area contributed by atoms with Crippen LogP contribution in [0.3, 0.4) is 0 Å². The van der Waals surface area contributed by atoms with E-state index in [1.165, 1.54) is 11.3 Å². The number of anilines is 2. The lowest BCUT2D eigenvalue weighted by Gasteiger charge is -2.30. The molecule has 1 amide bonds. The zero-order valence-corrected chi connectivity index (χ0v) is 18.1. The second-order valence-corrected chi connectivity index (χ2v) is 8.23. The average molecular weight is 430 g/mol. The molecule has 0 aliphatic carbocycles. The number of nitrogens with one attached hydrogen (secondary N) is 2. The number of nitriles is 1. The standard InChI is InChI=1S/C20H27N7O2S/c1-14(2)29-11-8-22-18(28)17-13-30-20(25-17)26-19-23-7-5-16(24-19)15-4-3-9-27(12-15)10-6-21/h5,7,13-15H,3-4,8-12H2,1-2H3,(H,22,28)(H,23,24,25,26)/t15-/m0/s1.